The predicted molar refractivity (Wildman–Crippen MR) is 244 cm³/mol. The minimum Gasteiger partial charge on any atom is -0.319 e. The van der Waals surface area contributed by atoms with Gasteiger partial charge in [-0.2, -0.15) is 15.8 Å². The molecular weight excluding hydrogens is 757 g/mol. The Kier molecular flexibility index (Phi) is 11.6. The van der Waals surface area contributed by atoms with Gasteiger partial charge in [0.1, 0.15) is 6.17 Å². The maximum atomic E-state index is 10.1. The van der Waals surface area contributed by atoms with E-state index >= 15 is 0 Å². The lowest BCUT2D eigenvalue weighted by Gasteiger charge is -2.51. The molecule has 0 aromatic carbocycles. The summed E-state index contributed by atoms with van der Waals surface area (Å²) in [5.74, 6) is 6.64. The summed E-state index contributed by atoms with van der Waals surface area (Å²) in [7, 11) is 0. The molecule has 3 aliphatic heterocycles. The third-order valence-corrected chi connectivity index (χ3v) is 19.1. The molecule has 0 aromatic heterocycles. The van der Waals surface area contributed by atoms with E-state index in [0.29, 0.717) is 60.0 Å². The fourth-order valence-electron chi connectivity index (χ4n) is 16.5. The van der Waals surface area contributed by atoms with Crippen LogP contribution < -0.4 is 5.32 Å². The van der Waals surface area contributed by atoms with E-state index in [-0.39, 0.29) is 17.8 Å². The van der Waals surface area contributed by atoms with Crippen LogP contribution in [0.1, 0.15) is 128 Å². The standard InChI is InChI=1S/C56H70N6/c57-33-36-21-25-39(26-22-36)41-11-1-3-13-43(41)45-15-5-6-16-46(45)44-14-4-2-12-42(44)40-31-55(61-51-19-9-7-17-47(51)48-18-8-10-20-52(48)61)60-56(32-40)62-53-27-23-37(34-58)29-49(53)50-30-38(35-59)24-28-54(50)62/h1,5-6,9-11,15,19-20,23,27,30,36-37,39-44,46-48,50-52,54-56,60H,2-4,7-8,12-14,16-18,21-22,24-26,28-29,31-32H2/p+1. The Bertz CT molecular complexity index is 2060. The SMILES string of the molecule is N#CC1=CC2C3=C(C=CC(C#N)C3)N(C3CC(C4CCCCC4C4CC=CC=C4C4CCC=CC4C4CCC(C#N)CC4)CC(N4C5C=CCCC5C5CCC=CC54)[NH2+]3)C2CC1. The lowest BCUT2D eigenvalue weighted by atomic mass is 9.58. The maximum absolute atomic E-state index is 10.1. The Hall–Kier alpha value is -3.89. The molecule has 6 nitrogen and oxygen atoms in total. The van der Waals surface area contributed by atoms with Gasteiger partial charge in [0.05, 0.1) is 24.1 Å². The molecule has 15 atom stereocenters. The van der Waals surface area contributed by atoms with Crippen LogP contribution in [0, 0.1) is 105 Å². The summed E-state index contributed by atoms with van der Waals surface area (Å²) in [6.45, 7) is 0. The van der Waals surface area contributed by atoms with E-state index < -0.39 is 0 Å². The second kappa shape index (κ2) is 17.6. The number of quaternary nitrogens is 1. The molecule has 0 radical (unpaired) electrons. The van der Waals surface area contributed by atoms with Crippen LogP contribution >= 0.6 is 0 Å². The molecule has 0 aromatic rings. The van der Waals surface area contributed by atoms with Gasteiger partial charge in [-0.15, -0.1) is 0 Å². The lowest BCUT2D eigenvalue weighted by Crippen LogP contribution is -3.02. The molecule has 2 N–H and O–H groups in total. The summed E-state index contributed by atoms with van der Waals surface area (Å²) in [5, 5.41) is 32.8. The molecule has 11 aliphatic rings. The molecule has 0 amide bonds. The predicted octanol–water partition coefficient (Wildman–Crippen LogP) is 10.7. The molecule has 2 saturated heterocycles. The van der Waals surface area contributed by atoms with Gasteiger partial charge in [0.25, 0.3) is 0 Å². The quantitative estimate of drug-likeness (QED) is 0.269. The highest BCUT2D eigenvalue weighted by atomic mass is 15.4. The van der Waals surface area contributed by atoms with Gasteiger partial charge in [0.15, 0.2) is 6.17 Å². The average molecular weight is 828 g/mol. The zero-order chi connectivity index (χ0) is 41.7. The summed E-state index contributed by atoms with van der Waals surface area (Å²) >= 11 is 0. The first-order valence-electron chi connectivity index (χ1n) is 25.7. The average Bonchev–Trinajstić information content (AvgIpc) is 3.86. The van der Waals surface area contributed by atoms with Crippen molar-refractivity contribution in [1.82, 2.24) is 9.80 Å². The highest BCUT2D eigenvalue weighted by Gasteiger charge is 2.56. The van der Waals surface area contributed by atoms with Crippen LogP contribution in [0.5, 0.6) is 0 Å². The topological polar surface area (TPSA) is 94.5 Å². The van der Waals surface area contributed by atoms with Crippen molar-refractivity contribution >= 4 is 0 Å². The van der Waals surface area contributed by atoms with E-state index in [4.69, 9.17) is 0 Å². The summed E-state index contributed by atoms with van der Waals surface area (Å²) in [6, 6.07) is 9.18. The Morgan fingerprint density at radius 3 is 2.16 bits per heavy atom. The molecule has 0 spiro atoms. The molecule has 2 saturated carbocycles. The Morgan fingerprint density at radius 1 is 0.661 bits per heavy atom. The molecule has 8 aliphatic carbocycles. The van der Waals surface area contributed by atoms with Crippen molar-refractivity contribution in [3.63, 3.8) is 0 Å². The van der Waals surface area contributed by atoms with Crippen LogP contribution in [-0.4, -0.2) is 40.3 Å². The van der Waals surface area contributed by atoms with Gasteiger partial charge in [-0.05, 0) is 168 Å². The van der Waals surface area contributed by atoms with E-state index in [1.807, 2.05) is 0 Å². The zero-order valence-electron chi connectivity index (χ0n) is 37.2. The van der Waals surface area contributed by atoms with Crippen LogP contribution in [0.25, 0.3) is 0 Å². The molecule has 4 fully saturated rings. The summed E-state index contributed by atoms with van der Waals surface area (Å²) < 4.78 is 0. The molecule has 3 heterocycles. The van der Waals surface area contributed by atoms with Crippen molar-refractivity contribution in [2.75, 3.05) is 0 Å². The van der Waals surface area contributed by atoms with Gasteiger partial charge >= 0.3 is 0 Å². The van der Waals surface area contributed by atoms with E-state index in [0.717, 1.165) is 61.3 Å². The molecular formula is C56H71N6+. The van der Waals surface area contributed by atoms with E-state index in [2.05, 4.69) is 106 Å². The molecule has 15 unspecified atom stereocenters. The second-order valence-corrected chi connectivity index (χ2v) is 21.9. The number of nitrogens with zero attached hydrogens (tertiary/aromatic N) is 5. The van der Waals surface area contributed by atoms with Crippen molar-refractivity contribution in [3.8, 4) is 18.2 Å². The lowest BCUT2D eigenvalue weighted by molar-refractivity contribution is -0.768. The second-order valence-electron chi connectivity index (χ2n) is 21.9. The number of piperidine rings is 1. The van der Waals surface area contributed by atoms with E-state index in [9.17, 15) is 15.8 Å². The third-order valence-electron chi connectivity index (χ3n) is 19.1. The van der Waals surface area contributed by atoms with Crippen LogP contribution in [0.15, 0.2) is 95.3 Å². The largest absolute Gasteiger partial charge is 0.319 e. The number of allylic oxidation sites excluding steroid dienone is 11. The molecule has 62 heavy (non-hydrogen) atoms. The maximum Gasteiger partial charge on any atom is 0.163 e. The number of likely N-dealkylation sites (tertiary alicyclic amines) is 1. The Balaban J connectivity index is 0.944. The summed E-state index contributed by atoms with van der Waals surface area (Å²) in [6.07, 6.45) is 54.7. The minimum atomic E-state index is -0.0812. The molecule has 324 valence electrons. The number of fused-ring (bicyclic) bond motifs is 5. The number of hydrogen-bond donors (Lipinski definition) is 1. The van der Waals surface area contributed by atoms with Crippen LogP contribution in [0.4, 0.5) is 0 Å². The molecule has 11 rings (SSSR count). The van der Waals surface area contributed by atoms with Gasteiger partial charge in [-0.3, -0.25) is 0 Å². The summed E-state index contributed by atoms with van der Waals surface area (Å²) in [4.78, 5) is 5.95. The van der Waals surface area contributed by atoms with Crippen LogP contribution in [-0.2, 0) is 0 Å². The van der Waals surface area contributed by atoms with Crippen molar-refractivity contribution < 1.29 is 5.32 Å². The fourth-order valence-corrected chi connectivity index (χ4v) is 16.5. The van der Waals surface area contributed by atoms with Crippen LogP contribution in [0.3, 0.4) is 0 Å². The molecule has 6 heteroatoms. The van der Waals surface area contributed by atoms with E-state index in [1.54, 1.807) is 5.57 Å². The number of nitrogens with two attached hydrogens (primary N) is 1. The first-order valence-corrected chi connectivity index (χ1v) is 25.7. The van der Waals surface area contributed by atoms with Crippen molar-refractivity contribution in [3.05, 3.63) is 95.3 Å². The fraction of sp³-hybridized carbons (Fsp3) is 0.661. The third kappa shape index (κ3) is 7.27. The molecule has 0 bridgehead atoms. The summed E-state index contributed by atoms with van der Waals surface area (Å²) in [5.41, 5.74) is 5.54. The number of hydrogen-bond acceptors (Lipinski definition) is 5. The first kappa shape index (κ1) is 40.9. The first-order chi connectivity index (χ1) is 30.6. The van der Waals surface area contributed by atoms with Gasteiger partial charge < -0.3 is 10.2 Å². The minimum absolute atomic E-state index is 0.0812. The Labute approximate surface area is 372 Å². The highest BCUT2D eigenvalue weighted by molar-refractivity contribution is 5.44. The Morgan fingerprint density at radius 2 is 1.40 bits per heavy atom. The zero-order valence-corrected chi connectivity index (χ0v) is 37.2. The van der Waals surface area contributed by atoms with Gasteiger partial charge in [0.2, 0.25) is 0 Å². The van der Waals surface area contributed by atoms with Gasteiger partial charge in [-0.25, -0.2) is 4.90 Å². The van der Waals surface area contributed by atoms with Gasteiger partial charge in [0, 0.05) is 54.1 Å². The van der Waals surface area contributed by atoms with Crippen LogP contribution in [0.2, 0.25) is 0 Å². The number of rotatable bonds is 6. The monoisotopic (exact) mass is 828 g/mol. The number of nitriles is 3. The normalized spacial score (nSPS) is 44.9. The van der Waals surface area contributed by atoms with E-state index in [1.165, 1.54) is 108 Å². The van der Waals surface area contributed by atoms with Crippen molar-refractivity contribution in [2.45, 2.75) is 159 Å². The smallest absolute Gasteiger partial charge is 0.163 e. The van der Waals surface area contributed by atoms with Crippen molar-refractivity contribution in [1.29, 1.82) is 15.8 Å². The van der Waals surface area contributed by atoms with Crippen molar-refractivity contribution in [2.24, 2.45) is 71.0 Å². The highest BCUT2D eigenvalue weighted by Crippen LogP contribution is 2.55. The van der Waals surface area contributed by atoms with Gasteiger partial charge in [-0.1, -0.05) is 85.3 Å².